The van der Waals surface area contributed by atoms with E-state index in [-0.39, 0.29) is 5.97 Å². The summed E-state index contributed by atoms with van der Waals surface area (Å²) < 4.78 is 5.17. The van der Waals surface area contributed by atoms with Gasteiger partial charge in [0.25, 0.3) is 0 Å². The van der Waals surface area contributed by atoms with Gasteiger partial charge in [-0.1, -0.05) is 58.4 Å². The zero-order valence-electron chi connectivity index (χ0n) is 13.3. The molecule has 0 aromatic carbocycles. The Labute approximate surface area is 119 Å². The van der Waals surface area contributed by atoms with E-state index in [9.17, 15) is 4.79 Å². The van der Waals surface area contributed by atoms with Gasteiger partial charge in [0, 0.05) is 6.08 Å². The third-order valence-corrected chi connectivity index (χ3v) is 3.23. The molecule has 0 aromatic rings. The zero-order chi connectivity index (χ0) is 14.5. The first-order valence-corrected chi connectivity index (χ1v) is 7.90. The van der Waals surface area contributed by atoms with E-state index in [1.807, 2.05) is 6.92 Å². The molecule has 0 aromatic heterocycles. The minimum atomic E-state index is -0.177. The number of unbranched alkanes of at least 4 members (excludes halogenated alkanes) is 5. The molecule has 2 heteroatoms. The Morgan fingerprint density at radius 3 is 2.37 bits per heavy atom. The maximum atomic E-state index is 11.5. The molecule has 0 amide bonds. The molecule has 0 aliphatic heterocycles. The Balaban J connectivity index is 3.60. The molecule has 112 valence electrons. The van der Waals surface area contributed by atoms with Gasteiger partial charge < -0.3 is 4.74 Å². The Morgan fingerprint density at radius 2 is 1.74 bits per heavy atom. The molecule has 0 heterocycles. The van der Waals surface area contributed by atoms with Gasteiger partial charge in [-0.25, -0.2) is 4.79 Å². The van der Waals surface area contributed by atoms with Gasteiger partial charge >= 0.3 is 5.97 Å². The van der Waals surface area contributed by atoms with E-state index in [2.05, 4.69) is 20.8 Å². The lowest BCUT2D eigenvalue weighted by molar-refractivity contribution is -0.138. The van der Waals surface area contributed by atoms with Crippen molar-refractivity contribution in [2.24, 2.45) is 5.92 Å². The highest BCUT2D eigenvalue weighted by Gasteiger charge is 2.01. The minimum absolute atomic E-state index is 0.177. The molecule has 0 bridgehead atoms. The van der Waals surface area contributed by atoms with E-state index >= 15 is 0 Å². The summed E-state index contributed by atoms with van der Waals surface area (Å²) in [5.41, 5.74) is 1.14. The second-order valence-corrected chi connectivity index (χ2v) is 5.86. The maximum Gasteiger partial charge on any atom is 0.330 e. The smallest absolute Gasteiger partial charge is 0.330 e. The second kappa shape index (κ2) is 12.3. The second-order valence-electron chi connectivity index (χ2n) is 5.86. The van der Waals surface area contributed by atoms with E-state index in [4.69, 9.17) is 4.74 Å². The molecule has 0 aliphatic carbocycles. The maximum absolute atomic E-state index is 11.5. The highest BCUT2D eigenvalue weighted by Crippen LogP contribution is 2.11. The van der Waals surface area contributed by atoms with Crippen molar-refractivity contribution >= 4 is 5.97 Å². The number of rotatable bonds is 11. The Hall–Kier alpha value is -0.790. The summed E-state index contributed by atoms with van der Waals surface area (Å²) in [7, 11) is 0. The lowest BCUT2D eigenvalue weighted by Gasteiger charge is -2.05. The van der Waals surface area contributed by atoms with Crippen LogP contribution in [0.5, 0.6) is 0 Å². The van der Waals surface area contributed by atoms with Gasteiger partial charge in [0.1, 0.15) is 0 Å². The van der Waals surface area contributed by atoms with Gasteiger partial charge in [0.05, 0.1) is 6.61 Å². The van der Waals surface area contributed by atoms with Crippen LogP contribution in [0.1, 0.15) is 79.1 Å². The van der Waals surface area contributed by atoms with Crippen LogP contribution in [0.15, 0.2) is 11.6 Å². The summed E-state index contributed by atoms with van der Waals surface area (Å²) in [6.07, 6.45) is 11.4. The molecule has 0 N–H and O–H groups in total. The molecular formula is C17H32O2. The predicted octanol–water partition coefficient (Wildman–Crippen LogP) is 5.27. The quantitative estimate of drug-likeness (QED) is 0.290. The van der Waals surface area contributed by atoms with Crippen molar-refractivity contribution in [3.8, 4) is 0 Å². The van der Waals surface area contributed by atoms with Crippen LogP contribution in [0.3, 0.4) is 0 Å². The van der Waals surface area contributed by atoms with Gasteiger partial charge in [0.15, 0.2) is 0 Å². The summed E-state index contributed by atoms with van der Waals surface area (Å²) in [6, 6.07) is 0. The summed E-state index contributed by atoms with van der Waals surface area (Å²) >= 11 is 0. The van der Waals surface area contributed by atoms with E-state index < -0.39 is 0 Å². The van der Waals surface area contributed by atoms with Crippen LogP contribution in [0.2, 0.25) is 0 Å². The predicted molar refractivity (Wildman–Crippen MR) is 82.2 cm³/mol. The van der Waals surface area contributed by atoms with E-state index in [0.717, 1.165) is 18.4 Å². The molecule has 0 spiro atoms. The summed E-state index contributed by atoms with van der Waals surface area (Å²) in [5, 5.41) is 0. The number of esters is 1. The van der Waals surface area contributed by atoms with Crippen LogP contribution >= 0.6 is 0 Å². The fourth-order valence-corrected chi connectivity index (χ4v) is 1.89. The standard InChI is InChI=1S/C17H32O2/c1-5-6-7-8-9-10-11-16(4)14-17(18)19-13-12-15(2)3/h14-15H,5-13H2,1-4H3. The first kappa shape index (κ1) is 18.2. The van der Waals surface area contributed by atoms with Crippen molar-refractivity contribution in [3.63, 3.8) is 0 Å². The lowest BCUT2D eigenvalue weighted by Crippen LogP contribution is -2.05. The van der Waals surface area contributed by atoms with Crippen molar-refractivity contribution in [1.82, 2.24) is 0 Å². The van der Waals surface area contributed by atoms with Crippen molar-refractivity contribution in [2.75, 3.05) is 6.61 Å². The van der Waals surface area contributed by atoms with Gasteiger partial charge in [0.2, 0.25) is 0 Å². The molecule has 0 unspecified atom stereocenters. The van der Waals surface area contributed by atoms with Gasteiger partial charge in [-0.05, 0) is 32.1 Å². The van der Waals surface area contributed by atoms with Crippen LogP contribution < -0.4 is 0 Å². The van der Waals surface area contributed by atoms with Crippen molar-refractivity contribution in [1.29, 1.82) is 0 Å². The molecule has 0 saturated carbocycles. The number of hydrogen-bond acceptors (Lipinski definition) is 2. The van der Waals surface area contributed by atoms with E-state index in [1.54, 1.807) is 6.08 Å². The molecule has 2 nitrogen and oxygen atoms in total. The highest BCUT2D eigenvalue weighted by molar-refractivity contribution is 5.82. The fraction of sp³-hybridized carbons (Fsp3) is 0.824. The Bertz CT molecular complexity index is 254. The Morgan fingerprint density at radius 1 is 1.11 bits per heavy atom. The monoisotopic (exact) mass is 268 g/mol. The van der Waals surface area contributed by atoms with Crippen LogP contribution in [-0.2, 0) is 9.53 Å². The first-order valence-electron chi connectivity index (χ1n) is 7.90. The number of carbonyl (C=O) groups excluding carboxylic acids is 1. The minimum Gasteiger partial charge on any atom is -0.463 e. The zero-order valence-corrected chi connectivity index (χ0v) is 13.3. The number of hydrogen-bond donors (Lipinski definition) is 0. The van der Waals surface area contributed by atoms with E-state index in [0.29, 0.717) is 12.5 Å². The number of ether oxygens (including phenoxy) is 1. The molecule has 0 saturated heterocycles. The van der Waals surface area contributed by atoms with Crippen LogP contribution in [0, 0.1) is 5.92 Å². The molecule has 0 atom stereocenters. The fourth-order valence-electron chi connectivity index (χ4n) is 1.89. The van der Waals surface area contributed by atoms with Crippen LogP contribution in [-0.4, -0.2) is 12.6 Å². The van der Waals surface area contributed by atoms with E-state index in [1.165, 1.54) is 38.5 Å². The normalized spacial score (nSPS) is 11.9. The lowest BCUT2D eigenvalue weighted by atomic mass is 10.1. The van der Waals surface area contributed by atoms with Crippen molar-refractivity contribution in [3.05, 3.63) is 11.6 Å². The largest absolute Gasteiger partial charge is 0.463 e. The van der Waals surface area contributed by atoms with Gasteiger partial charge in [-0.15, -0.1) is 0 Å². The summed E-state index contributed by atoms with van der Waals surface area (Å²) in [4.78, 5) is 11.5. The SMILES string of the molecule is CCCCCCCCC(C)=CC(=O)OCCC(C)C. The van der Waals surface area contributed by atoms with Crippen LogP contribution in [0.4, 0.5) is 0 Å². The highest BCUT2D eigenvalue weighted by atomic mass is 16.5. The number of allylic oxidation sites excluding steroid dienone is 1. The third-order valence-electron chi connectivity index (χ3n) is 3.23. The summed E-state index contributed by atoms with van der Waals surface area (Å²) in [6.45, 7) is 9.06. The molecule has 0 rings (SSSR count). The van der Waals surface area contributed by atoms with Crippen molar-refractivity contribution < 1.29 is 9.53 Å². The topological polar surface area (TPSA) is 26.3 Å². The van der Waals surface area contributed by atoms with Crippen molar-refractivity contribution in [2.45, 2.75) is 79.1 Å². The molecule has 0 radical (unpaired) electrons. The number of carbonyl (C=O) groups is 1. The Kier molecular flexibility index (Phi) is 11.7. The molecular weight excluding hydrogens is 236 g/mol. The van der Waals surface area contributed by atoms with Gasteiger partial charge in [-0.2, -0.15) is 0 Å². The average molecular weight is 268 g/mol. The van der Waals surface area contributed by atoms with Crippen LogP contribution in [0.25, 0.3) is 0 Å². The molecule has 19 heavy (non-hydrogen) atoms. The first-order chi connectivity index (χ1) is 9.06. The average Bonchev–Trinajstić information content (AvgIpc) is 2.33. The molecule has 0 aliphatic rings. The summed E-state index contributed by atoms with van der Waals surface area (Å²) in [5.74, 6) is 0.408. The van der Waals surface area contributed by atoms with Gasteiger partial charge in [-0.3, -0.25) is 0 Å². The third kappa shape index (κ3) is 13.4. The molecule has 0 fully saturated rings.